The second-order valence-electron chi connectivity index (χ2n) is 7.52. The molecule has 2 N–H and O–H groups in total. The molecule has 0 saturated carbocycles. The normalized spacial score (nSPS) is 10.9. The van der Waals surface area contributed by atoms with Crippen LogP contribution in [0.15, 0.2) is 55.0 Å². The minimum atomic E-state index is -0.348. The van der Waals surface area contributed by atoms with Crippen molar-refractivity contribution < 1.29 is 9.13 Å². The smallest absolute Gasteiger partial charge is 0.128 e. The first-order chi connectivity index (χ1) is 15.0. The number of nitrogens with one attached hydrogen (secondary N) is 2. The van der Waals surface area contributed by atoms with Crippen LogP contribution in [0.4, 0.5) is 15.8 Å². The lowest BCUT2D eigenvalue weighted by Crippen LogP contribution is -2.32. The van der Waals surface area contributed by atoms with Crippen LogP contribution in [0.2, 0.25) is 0 Å². The molecule has 0 amide bonds. The number of aromatic nitrogens is 4. The molecule has 0 saturated heterocycles. The second kappa shape index (κ2) is 10.4. The van der Waals surface area contributed by atoms with Gasteiger partial charge in [0.05, 0.1) is 36.2 Å². The number of methoxy groups -OCH3 is 1. The molecular weight excluding hydrogens is 431 g/mol. The van der Waals surface area contributed by atoms with E-state index in [4.69, 9.17) is 9.72 Å². The average Bonchev–Trinajstić information content (AvgIpc) is 3.30. The Bertz CT molecular complexity index is 1170. The van der Waals surface area contributed by atoms with Gasteiger partial charge in [-0.2, -0.15) is 5.10 Å². The molecule has 9 heteroatoms. The number of hydrogen-bond acceptors (Lipinski definition) is 6. The fourth-order valence-electron chi connectivity index (χ4n) is 3.39. The van der Waals surface area contributed by atoms with Crippen LogP contribution in [0.5, 0.6) is 5.75 Å². The molecule has 0 fully saturated rings. The fraction of sp³-hybridized carbons (Fsp3) is 0.261. The number of aromatic amines is 1. The lowest BCUT2D eigenvalue weighted by Gasteiger charge is -2.26. The van der Waals surface area contributed by atoms with Crippen molar-refractivity contribution in [2.45, 2.75) is 19.9 Å². The van der Waals surface area contributed by atoms with E-state index in [1.54, 1.807) is 18.6 Å². The van der Waals surface area contributed by atoms with Crippen LogP contribution in [0, 0.1) is 5.82 Å². The van der Waals surface area contributed by atoms with Gasteiger partial charge < -0.3 is 15.0 Å². The summed E-state index contributed by atoms with van der Waals surface area (Å²) in [6.45, 7) is 5.57. The number of rotatable bonds is 8. The maximum absolute atomic E-state index is 14.3. The lowest BCUT2D eigenvalue weighted by molar-refractivity contribution is 0.411. The molecular formula is C23H26ClFN6O. The summed E-state index contributed by atoms with van der Waals surface area (Å²) in [5, 5.41) is 10.2. The zero-order valence-corrected chi connectivity index (χ0v) is 19.0. The zero-order chi connectivity index (χ0) is 21.8. The molecule has 0 bridgehead atoms. The highest BCUT2D eigenvalue weighted by Crippen LogP contribution is 2.31. The van der Waals surface area contributed by atoms with Gasteiger partial charge in [0.1, 0.15) is 11.6 Å². The van der Waals surface area contributed by atoms with Crippen LogP contribution in [0.1, 0.15) is 13.8 Å². The number of fused-ring (bicyclic) bond motifs is 1. The topological polar surface area (TPSA) is 79.0 Å². The molecule has 0 aliphatic rings. The van der Waals surface area contributed by atoms with Crippen molar-refractivity contribution in [2.24, 2.45) is 0 Å². The van der Waals surface area contributed by atoms with Crippen molar-refractivity contribution in [2.75, 3.05) is 25.1 Å². The molecule has 32 heavy (non-hydrogen) atoms. The van der Waals surface area contributed by atoms with Crippen molar-refractivity contribution in [1.82, 2.24) is 25.5 Å². The van der Waals surface area contributed by atoms with E-state index < -0.39 is 0 Å². The largest absolute Gasteiger partial charge is 0.497 e. The van der Waals surface area contributed by atoms with E-state index in [0.717, 1.165) is 34.5 Å². The number of H-pyrrole nitrogens is 1. The van der Waals surface area contributed by atoms with E-state index >= 15 is 0 Å². The van der Waals surface area contributed by atoms with E-state index in [1.807, 2.05) is 29.2 Å². The van der Waals surface area contributed by atoms with Gasteiger partial charge in [0, 0.05) is 54.4 Å². The van der Waals surface area contributed by atoms with Crippen molar-refractivity contribution in [3.8, 4) is 17.0 Å². The Morgan fingerprint density at radius 1 is 1.09 bits per heavy atom. The molecule has 0 unspecified atom stereocenters. The highest BCUT2D eigenvalue weighted by Gasteiger charge is 2.14. The summed E-state index contributed by atoms with van der Waals surface area (Å²) in [7, 11) is 1.53. The maximum atomic E-state index is 14.3. The summed E-state index contributed by atoms with van der Waals surface area (Å²) in [5.74, 6) is 0.124. The van der Waals surface area contributed by atoms with Crippen LogP contribution in [0.3, 0.4) is 0 Å². The Balaban J connectivity index is 0.00000289. The van der Waals surface area contributed by atoms with E-state index in [0.29, 0.717) is 24.0 Å². The van der Waals surface area contributed by atoms with Crippen LogP contribution < -0.4 is 15.0 Å². The van der Waals surface area contributed by atoms with Gasteiger partial charge in [-0.1, -0.05) is 13.8 Å². The van der Waals surface area contributed by atoms with Crippen molar-refractivity contribution in [3.05, 3.63) is 60.8 Å². The molecule has 2 aromatic carbocycles. The van der Waals surface area contributed by atoms with Gasteiger partial charge in [0.15, 0.2) is 0 Å². The quantitative estimate of drug-likeness (QED) is 0.399. The molecule has 0 aliphatic heterocycles. The van der Waals surface area contributed by atoms with Crippen molar-refractivity contribution in [3.63, 3.8) is 0 Å². The standard InChI is InChI=1S/C23H25FN6O.ClH/c1-15(2)25-6-7-30(19-8-17(24)9-20(10-19)31-3)18-4-5-21-22(11-18)29-23(14-26-21)16-12-27-28-13-16;/h4-5,8-15,25H,6-7H2,1-3H3,(H,27,28);1H. The van der Waals surface area contributed by atoms with E-state index in [-0.39, 0.29) is 18.2 Å². The zero-order valence-electron chi connectivity index (χ0n) is 18.2. The van der Waals surface area contributed by atoms with Crippen molar-refractivity contribution in [1.29, 1.82) is 0 Å². The van der Waals surface area contributed by atoms with Crippen LogP contribution in [0.25, 0.3) is 22.3 Å². The summed E-state index contributed by atoms with van der Waals surface area (Å²) < 4.78 is 19.5. The molecule has 0 aliphatic carbocycles. The number of hydrogen-bond donors (Lipinski definition) is 2. The summed E-state index contributed by atoms with van der Waals surface area (Å²) in [6, 6.07) is 10.9. The van der Waals surface area contributed by atoms with Gasteiger partial charge in [-0.3, -0.25) is 10.1 Å². The Hall–Kier alpha value is -3.23. The molecule has 4 rings (SSSR count). The summed E-state index contributed by atoms with van der Waals surface area (Å²) in [6.07, 6.45) is 5.22. The fourth-order valence-corrected chi connectivity index (χ4v) is 3.39. The third kappa shape index (κ3) is 5.33. The molecule has 7 nitrogen and oxygen atoms in total. The number of anilines is 2. The SMILES string of the molecule is COc1cc(F)cc(N(CCNC(C)C)c2ccc3ncc(-c4cn[nH]c4)nc3c2)c1.Cl. The summed E-state index contributed by atoms with van der Waals surface area (Å²) >= 11 is 0. The average molecular weight is 457 g/mol. The second-order valence-corrected chi connectivity index (χ2v) is 7.52. The number of halogens is 2. The van der Waals surface area contributed by atoms with Gasteiger partial charge in [-0.05, 0) is 24.3 Å². The first-order valence-corrected chi connectivity index (χ1v) is 10.1. The third-order valence-electron chi connectivity index (χ3n) is 4.92. The minimum Gasteiger partial charge on any atom is -0.497 e. The molecule has 4 aromatic rings. The molecule has 2 heterocycles. The van der Waals surface area contributed by atoms with Gasteiger partial charge in [-0.25, -0.2) is 9.37 Å². The van der Waals surface area contributed by atoms with E-state index in [2.05, 4.69) is 34.3 Å². The summed E-state index contributed by atoms with van der Waals surface area (Å²) in [4.78, 5) is 11.3. The van der Waals surface area contributed by atoms with Gasteiger partial charge in [-0.15, -0.1) is 12.4 Å². The molecule has 2 aromatic heterocycles. The Kier molecular flexibility index (Phi) is 7.61. The monoisotopic (exact) mass is 456 g/mol. The minimum absolute atomic E-state index is 0. The molecule has 0 atom stereocenters. The molecule has 0 spiro atoms. The number of benzene rings is 2. The van der Waals surface area contributed by atoms with Gasteiger partial charge in [0.2, 0.25) is 0 Å². The Morgan fingerprint density at radius 2 is 1.94 bits per heavy atom. The van der Waals surface area contributed by atoms with E-state index in [1.165, 1.54) is 19.2 Å². The van der Waals surface area contributed by atoms with E-state index in [9.17, 15) is 4.39 Å². The van der Waals surface area contributed by atoms with Crippen LogP contribution in [-0.2, 0) is 0 Å². The van der Waals surface area contributed by atoms with Gasteiger partial charge in [0.25, 0.3) is 0 Å². The number of nitrogens with zero attached hydrogens (tertiary/aromatic N) is 4. The van der Waals surface area contributed by atoms with Crippen LogP contribution >= 0.6 is 12.4 Å². The molecule has 168 valence electrons. The Labute approximate surface area is 192 Å². The first-order valence-electron chi connectivity index (χ1n) is 10.1. The maximum Gasteiger partial charge on any atom is 0.128 e. The van der Waals surface area contributed by atoms with Crippen molar-refractivity contribution >= 4 is 34.8 Å². The highest BCUT2D eigenvalue weighted by molar-refractivity contribution is 5.85. The Morgan fingerprint density at radius 3 is 2.66 bits per heavy atom. The highest BCUT2D eigenvalue weighted by atomic mass is 35.5. The molecule has 0 radical (unpaired) electrons. The van der Waals surface area contributed by atoms with Gasteiger partial charge >= 0.3 is 0 Å². The predicted octanol–water partition coefficient (Wildman–Crippen LogP) is 4.73. The first kappa shape index (κ1) is 23.4. The third-order valence-corrected chi connectivity index (χ3v) is 4.92. The van der Waals surface area contributed by atoms with Crippen LogP contribution in [-0.4, -0.2) is 46.4 Å². The summed E-state index contributed by atoms with van der Waals surface area (Å²) in [5.41, 5.74) is 4.74. The lowest BCUT2D eigenvalue weighted by atomic mass is 10.2. The predicted molar refractivity (Wildman–Crippen MR) is 127 cm³/mol. The number of ether oxygens (including phenoxy) is 1.